The normalized spacial score (nSPS) is 24.6. The fourth-order valence-electron chi connectivity index (χ4n) is 3.72. The first-order valence-corrected chi connectivity index (χ1v) is 11.0. The summed E-state index contributed by atoms with van der Waals surface area (Å²) in [6, 6.07) is 7.53. The lowest BCUT2D eigenvalue weighted by Gasteiger charge is -2.23. The Morgan fingerprint density at radius 2 is 1.96 bits per heavy atom. The molecule has 2 atom stereocenters. The number of rotatable bonds is 5. The molecule has 25 heavy (non-hydrogen) atoms. The van der Waals surface area contributed by atoms with Crippen LogP contribution in [0, 0.1) is 0 Å². The Bertz CT molecular complexity index is 718. The van der Waals surface area contributed by atoms with Gasteiger partial charge in [-0.3, -0.25) is 0 Å². The highest BCUT2D eigenvalue weighted by atomic mass is 32.2. The maximum absolute atomic E-state index is 11.7. The number of nitrogens with zero attached hydrogens (tertiary/aromatic N) is 1. The van der Waals surface area contributed by atoms with E-state index in [0.29, 0.717) is 11.5 Å². The fraction of sp³-hybridized carbons (Fsp3) is 0.632. The van der Waals surface area contributed by atoms with Crippen LogP contribution in [0.25, 0.3) is 0 Å². The van der Waals surface area contributed by atoms with Crippen molar-refractivity contribution in [2.45, 2.75) is 56.1 Å². The number of sulfone groups is 1. The average molecular weight is 367 g/mol. The summed E-state index contributed by atoms with van der Waals surface area (Å²) in [5, 5.41) is 0. The van der Waals surface area contributed by atoms with Crippen LogP contribution in [0.5, 0.6) is 0 Å². The molecule has 0 spiro atoms. The van der Waals surface area contributed by atoms with Crippen LogP contribution < -0.4 is 0 Å². The van der Waals surface area contributed by atoms with Crippen LogP contribution in [-0.4, -0.2) is 51.0 Å². The topological polar surface area (TPSA) is 55.6 Å². The van der Waals surface area contributed by atoms with Gasteiger partial charge in [0.15, 0.2) is 15.9 Å². The minimum Gasteiger partial charge on any atom is -0.445 e. The molecule has 2 unspecified atom stereocenters. The lowest BCUT2D eigenvalue weighted by molar-refractivity contribution is -0.583. The van der Waals surface area contributed by atoms with Crippen molar-refractivity contribution < 1.29 is 22.5 Å². The molecule has 0 saturated carbocycles. The first kappa shape index (κ1) is 18.4. The Kier molecular flexibility index (Phi) is 5.79. The zero-order chi connectivity index (χ0) is 17.9. The van der Waals surface area contributed by atoms with Gasteiger partial charge in [0, 0.05) is 24.8 Å². The average Bonchev–Trinajstić information content (AvgIpc) is 3.12. The van der Waals surface area contributed by atoms with Crippen LogP contribution in [0.1, 0.15) is 50.6 Å². The summed E-state index contributed by atoms with van der Waals surface area (Å²) in [6.07, 6.45) is 6.76. The quantitative estimate of drug-likeness (QED) is 0.752. The molecule has 6 heteroatoms. The van der Waals surface area contributed by atoms with Gasteiger partial charge in [-0.2, -0.15) is 4.58 Å². The number of benzene rings is 1. The van der Waals surface area contributed by atoms with Gasteiger partial charge in [-0.1, -0.05) is 12.1 Å². The molecule has 1 saturated heterocycles. The Morgan fingerprint density at radius 3 is 2.56 bits per heavy atom. The van der Waals surface area contributed by atoms with E-state index in [1.807, 2.05) is 12.1 Å². The minimum absolute atomic E-state index is 0.223. The second-order valence-electron chi connectivity index (χ2n) is 6.88. The smallest absolute Gasteiger partial charge is 0.336 e. The highest BCUT2D eigenvalue weighted by molar-refractivity contribution is 7.90. The van der Waals surface area contributed by atoms with Gasteiger partial charge in [-0.05, 0) is 38.3 Å². The Labute approximate surface area is 150 Å². The molecule has 2 heterocycles. The van der Waals surface area contributed by atoms with E-state index in [-0.39, 0.29) is 12.1 Å². The monoisotopic (exact) mass is 366 g/mol. The zero-order valence-corrected chi connectivity index (χ0v) is 15.9. The van der Waals surface area contributed by atoms with Gasteiger partial charge in [0.2, 0.25) is 0 Å². The van der Waals surface area contributed by atoms with Gasteiger partial charge in [0.1, 0.15) is 13.2 Å². The molecular weight excluding hydrogens is 338 g/mol. The van der Waals surface area contributed by atoms with Crippen molar-refractivity contribution in [1.29, 1.82) is 0 Å². The van der Waals surface area contributed by atoms with Crippen LogP contribution in [-0.2, 0) is 19.3 Å². The Morgan fingerprint density at radius 1 is 1.20 bits per heavy atom. The molecule has 1 aromatic carbocycles. The van der Waals surface area contributed by atoms with Crippen molar-refractivity contribution in [3.63, 3.8) is 0 Å². The van der Waals surface area contributed by atoms with Crippen LogP contribution in [0.2, 0.25) is 0 Å². The third kappa shape index (κ3) is 4.42. The standard InChI is InChI=1S/C19H28NO4S/c1-3-20-18(15-9-11-17(12-10-15)25(2,21)22)7-4-8-19(20)24-14-16-6-5-13-23-16/h9-12,16,18H,3-8,13-14H2,1-2H3/q+1. The Hall–Kier alpha value is -1.40. The van der Waals surface area contributed by atoms with Crippen LogP contribution in [0.3, 0.4) is 0 Å². The van der Waals surface area contributed by atoms with E-state index in [2.05, 4.69) is 11.5 Å². The van der Waals surface area contributed by atoms with Crippen molar-refractivity contribution in [2.24, 2.45) is 0 Å². The van der Waals surface area contributed by atoms with E-state index in [0.717, 1.165) is 56.7 Å². The molecule has 1 fully saturated rings. The van der Waals surface area contributed by atoms with Gasteiger partial charge in [0.25, 0.3) is 0 Å². The SMILES string of the molecule is CC[N+]1=C(OCC2CCCO2)CCCC1c1ccc(S(C)(=O)=O)cc1. The lowest BCUT2D eigenvalue weighted by Crippen LogP contribution is -2.33. The highest BCUT2D eigenvalue weighted by Gasteiger charge is 2.32. The summed E-state index contributed by atoms with van der Waals surface area (Å²) in [6.45, 7) is 4.49. The maximum Gasteiger partial charge on any atom is 0.336 e. The fourth-order valence-corrected chi connectivity index (χ4v) is 4.35. The summed E-state index contributed by atoms with van der Waals surface area (Å²) in [4.78, 5) is 0.369. The highest BCUT2D eigenvalue weighted by Crippen LogP contribution is 2.29. The molecule has 138 valence electrons. The summed E-state index contributed by atoms with van der Waals surface area (Å²) in [5.74, 6) is 1.04. The predicted molar refractivity (Wildman–Crippen MR) is 96.9 cm³/mol. The molecular formula is C19H28NO4S+. The van der Waals surface area contributed by atoms with Crippen molar-refractivity contribution in [3.8, 4) is 0 Å². The van der Waals surface area contributed by atoms with Gasteiger partial charge in [0.05, 0.1) is 17.4 Å². The van der Waals surface area contributed by atoms with E-state index < -0.39 is 9.84 Å². The maximum atomic E-state index is 11.7. The first-order valence-electron chi connectivity index (χ1n) is 9.16. The molecule has 2 aliphatic heterocycles. The second-order valence-corrected chi connectivity index (χ2v) is 8.89. The van der Waals surface area contributed by atoms with Gasteiger partial charge >= 0.3 is 5.90 Å². The number of ether oxygens (including phenoxy) is 2. The molecule has 0 amide bonds. The van der Waals surface area contributed by atoms with Crippen molar-refractivity contribution in [3.05, 3.63) is 29.8 Å². The molecule has 0 aliphatic carbocycles. The van der Waals surface area contributed by atoms with E-state index in [1.165, 1.54) is 6.26 Å². The largest absolute Gasteiger partial charge is 0.445 e. The van der Waals surface area contributed by atoms with E-state index in [1.54, 1.807) is 12.1 Å². The molecule has 0 bridgehead atoms. The minimum atomic E-state index is -3.16. The first-order chi connectivity index (χ1) is 12.0. The summed E-state index contributed by atoms with van der Waals surface area (Å²) >= 11 is 0. The third-order valence-electron chi connectivity index (χ3n) is 5.06. The Balaban J connectivity index is 1.78. The number of hydrogen-bond donors (Lipinski definition) is 0. The number of hydrogen-bond acceptors (Lipinski definition) is 4. The lowest BCUT2D eigenvalue weighted by atomic mass is 9.97. The molecule has 0 N–H and O–H groups in total. The van der Waals surface area contributed by atoms with Crippen molar-refractivity contribution >= 4 is 15.7 Å². The van der Waals surface area contributed by atoms with Crippen LogP contribution in [0.15, 0.2) is 29.2 Å². The summed E-state index contributed by atoms with van der Waals surface area (Å²) in [5.41, 5.74) is 1.15. The second kappa shape index (κ2) is 7.87. The molecule has 5 nitrogen and oxygen atoms in total. The third-order valence-corrected chi connectivity index (χ3v) is 6.19. The molecule has 2 aliphatic rings. The zero-order valence-electron chi connectivity index (χ0n) is 15.1. The predicted octanol–water partition coefficient (Wildman–Crippen LogP) is 2.94. The van der Waals surface area contributed by atoms with Crippen LogP contribution in [0.4, 0.5) is 0 Å². The van der Waals surface area contributed by atoms with Gasteiger partial charge in [-0.25, -0.2) is 8.42 Å². The van der Waals surface area contributed by atoms with Crippen molar-refractivity contribution in [2.75, 3.05) is 26.0 Å². The van der Waals surface area contributed by atoms with Crippen LogP contribution >= 0.6 is 0 Å². The molecule has 3 rings (SSSR count). The molecule has 1 aromatic rings. The van der Waals surface area contributed by atoms with E-state index in [9.17, 15) is 8.42 Å². The summed E-state index contributed by atoms with van der Waals surface area (Å²) in [7, 11) is -3.16. The molecule has 0 radical (unpaired) electrons. The van der Waals surface area contributed by atoms with E-state index >= 15 is 0 Å². The van der Waals surface area contributed by atoms with E-state index in [4.69, 9.17) is 9.47 Å². The van der Waals surface area contributed by atoms with Gasteiger partial charge < -0.3 is 9.47 Å². The molecule has 0 aromatic heterocycles. The summed E-state index contributed by atoms with van der Waals surface area (Å²) < 4.78 is 37.4. The van der Waals surface area contributed by atoms with Crippen molar-refractivity contribution in [1.82, 2.24) is 0 Å². The van der Waals surface area contributed by atoms with Gasteiger partial charge in [-0.15, -0.1) is 0 Å².